The molecule has 118 valence electrons. The smallest absolute Gasteiger partial charge is 0.0560 e. The Balaban J connectivity index is 0.000000882. The number of hydrogen-bond donors (Lipinski definition) is 2. The van der Waals surface area contributed by atoms with Gasteiger partial charge in [-0.25, -0.2) is 0 Å². The van der Waals surface area contributed by atoms with E-state index < -0.39 is 0 Å². The van der Waals surface area contributed by atoms with Gasteiger partial charge in [0.2, 0.25) is 0 Å². The van der Waals surface area contributed by atoms with Gasteiger partial charge in [-0.05, 0) is 42.3 Å². The van der Waals surface area contributed by atoms with Gasteiger partial charge in [0.25, 0.3) is 0 Å². The maximum absolute atomic E-state index is 6.01. The topological polar surface area (TPSA) is 24.1 Å². The summed E-state index contributed by atoms with van der Waals surface area (Å²) in [4.78, 5) is 0. The second-order valence-corrected chi connectivity index (χ2v) is 6.08. The molecule has 2 nitrogen and oxygen atoms in total. The van der Waals surface area contributed by atoms with Crippen molar-refractivity contribution in [2.24, 2.45) is 5.92 Å². The molecule has 3 atom stereocenters. The summed E-state index contributed by atoms with van der Waals surface area (Å²) in [6.07, 6.45) is 1.21. The maximum atomic E-state index is 6.01. The van der Waals surface area contributed by atoms with Crippen molar-refractivity contribution in [3.63, 3.8) is 0 Å². The lowest BCUT2D eigenvalue weighted by atomic mass is 9.80. The molecule has 0 saturated carbocycles. The number of anilines is 1. The van der Waals surface area contributed by atoms with Gasteiger partial charge in [0.05, 0.1) is 6.04 Å². The number of nitrogens with one attached hydrogen (secondary N) is 2. The molecule has 0 radical (unpaired) electrons. The normalized spacial score (nSPS) is 25.0. The van der Waals surface area contributed by atoms with Gasteiger partial charge >= 0.3 is 0 Å². The second kappa shape index (κ2) is 7.10. The summed E-state index contributed by atoms with van der Waals surface area (Å²) in [6, 6.07) is 17.7. The van der Waals surface area contributed by atoms with Crippen LogP contribution >= 0.6 is 36.4 Å². The molecule has 0 bridgehead atoms. The van der Waals surface area contributed by atoms with E-state index in [1.807, 2.05) is 12.1 Å². The summed E-state index contributed by atoms with van der Waals surface area (Å²) in [5.74, 6) is 0.603. The van der Waals surface area contributed by atoms with Crippen molar-refractivity contribution >= 4 is 42.1 Å². The van der Waals surface area contributed by atoms with Crippen LogP contribution in [0.3, 0.4) is 0 Å². The molecule has 2 aromatic carbocycles. The molecular formula is C17H19Cl3N2. The molecule has 1 fully saturated rings. The van der Waals surface area contributed by atoms with Crippen LogP contribution in [-0.2, 0) is 0 Å². The zero-order valence-electron chi connectivity index (χ0n) is 12.0. The van der Waals surface area contributed by atoms with Crippen molar-refractivity contribution < 1.29 is 0 Å². The third kappa shape index (κ3) is 2.93. The Morgan fingerprint density at radius 3 is 2.41 bits per heavy atom. The zero-order chi connectivity index (χ0) is 13.5. The van der Waals surface area contributed by atoms with E-state index in [0.29, 0.717) is 18.0 Å². The van der Waals surface area contributed by atoms with Gasteiger partial charge in [-0.2, -0.15) is 0 Å². The molecule has 0 aliphatic carbocycles. The molecule has 0 aromatic heterocycles. The molecule has 5 heteroatoms. The molecule has 2 aliphatic heterocycles. The highest BCUT2D eigenvalue weighted by Crippen LogP contribution is 2.47. The van der Waals surface area contributed by atoms with Crippen LogP contribution < -0.4 is 10.6 Å². The molecule has 2 aliphatic rings. The fourth-order valence-electron chi connectivity index (χ4n) is 3.60. The van der Waals surface area contributed by atoms with Gasteiger partial charge in [-0.15, -0.1) is 24.8 Å². The van der Waals surface area contributed by atoms with E-state index in [0.717, 1.165) is 11.6 Å². The van der Waals surface area contributed by atoms with E-state index in [1.165, 1.54) is 23.2 Å². The minimum absolute atomic E-state index is 0. The van der Waals surface area contributed by atoms with Gasteiger partial charge < -0.3 is 10.6 Å². The third-order valence-electron chi connectivity index (χ3n) is 4.53. The molecule has 2 aromatic rings. The second-order valence-electron chi connectivity index (χ2n) is 5.65. The number of fused-ring (bicyclic) bond motifs is 3. The van der Waals surface area contributed by atoms with Gasteiger partial charge in [0, 0.05) is 22.7 Å². The van der Waals surface area contributed by atoms with E-state index >= 15 is 0 Å². The predicted octanol–water partition coefficient (Wildman–Crippen LogP) is 5.00. The molecule has 2 heterocycles. The lowest BCUT2D eigenvalue weighted by Gasteiger charge is -2.37. The van der Waals surface area contributed by atoms with E-state index in [4.69, 9.17) is 11.6 Å². The van der Waals surface area contributed by atoms with Crippen LogP contribution in [0.15, 0.2) is 48.5 Å². The third-order valence-corrected chi connectivity index (χ3v) is 4.79. The highest BCUT2D eigenvalue weighted by atomic mass is 35.5. The number of halogens is 3. The maximum Gasteiger partial charge on any atom is 0.0560 e. The fourth-order valence-corrected chi connectivity index (χ4v) is 3.72. The lowest BCUT2D eigenvalue weighted by molar-refractivity contribution is 0.391. The molecule has 4 rings (SSSR count). The quantitative estimate of drug-likeness (QED) is 0.750. The SMILES string of the molecule is Cl.Cl.Clc1ccc([C@@H]2Nc3ccccc3[C@@H]3NCC[C@H]23)cc1. The van der Waals surface area contributed by atoms with Crippen molar-refractivity contribution in [3.05, 3.63) is 64.7 Å². The van der Waals surface area contributed by atoms with Crippen LogP contribution in [0.2, 0.25) is 5.02 Å². The summed E-state index contributed by atoms with van der Waals surface area (Å²) < 4.78 is 0. The molecule has 1 saturated heterocycles. The van der Waals surface area contributed by atoms with E-state index in [1.54, 1.807) is 0 Å². The summed E-state index contributed by atoms with van der Waals surface area (Å²) in [7, 11) is 0. The number of rotatable bonds is 1. The monoisotopic (exact) mass is 356 g/mol. The Morgan fingerprint density at radius 2 is 1.64 bits per heavy atom. The molecule has 22 heavy (non-hydrogen) atoms. The fraction of sp³-hybridized carbons (Fsp3) is 0.294. The molecular weight excluding hydrogens is 339 g/mol. The van der Waals surface area contributed by atoms with Gasteiger partial charge in [-0.3, -0.25) is 0 Å². The van der Waals surface area contributed by atoms with E-state index in [9.17, 15) is 0 Å². The van der Waals surface area contributed by atoms with Gasteiger partial charge in [-0.1, -0.05) is 41.9 Å². The first kappa shape index (κ1) is 17.4. The average molecular weight is 358 g/mol. The van der Waals surface area contributed by atoms with Gasteiger partial charge in [0.15, 0.2) is 0 Å². The Morgan fingerprint density at radius 1 is 0.909 bits per heavy atom. The van der Waals surface area contributed by atoms with Crippen LogP contribution in [0.5, 0.6) is 0 Å². The summed E-state index contributed by atoms with van der Waals surface area (Å²) in [6.45, 7) is 1.09. The first-order valence-corrected chi connectivity index (χ1v) is 7.55. The highest BCUT2D eigenvalue weighted by Gasteiger charge is 2.39. The Kier molecular flexibility index (Phi) is 5.62. The average Bonchev–Trinajstić information content (AvgIpc) is 2.97. The molecule has 2 N–H and O–H groups in total. The number of benzene rings is 2. The van der Waals surface area contributed by atoms with Crippen molar-refractivity contribution in [2.75, 3.05) is 11.9 Å². The van der Waals surface area contributed by atoms with Crippen LogP contribution in [0, 0.1) is 5.92 Å². The molecule has 0 unspecified atom stereocenters. The number of para-hydroxylation sites is 1. The molecule has 0 amide bonds. The van der Waals surface area contributed by atoms with E-state index in [2.05, 4.69) is 47.0 Å². The minimum Gasteiger partial charge on any atom is -0.378 e. The van der Waals surface area contributed by atoms with Crippen molar-refractivity contribution in [1.29, 1.82) is 0 Å². The summed E-state index contributed by atoms with van der Waals surface area (Å²) in [5, 5.41) is 8.18. The van der Waals surface area contributed by atoms with Crippen LogP contribution in [0.1, 0.15) is 29.6 Å². The summed E-state index contributed by atoms with van der Waals surface area (Å²) in [5.41, 5.74) is 3.98. The minimum atomic E-state index is 0. The molecule has 0 spiro atoms. The van der Waals surface area contributed by atoms with Crippen molar-refractivity contribution in [3.8, 4) is 0 Å². The Hall–Kier alpha value is -0.930. The van der Waals surface area contributed by atoms with Crippen LogP contribution in [0.25, 0.3) is 0 Å². The first-order valence-electron chi connectivity index (χ1n) is 7.17. The number of hydrogen-bond acceptors (Lipinski definition) is 2. The van der Waals surface area contributed by atoms with Crippen LogP contribution in [-0.4, -0.2) is 6.54 Å². The standard InChI is InChI=1S/C17H17ClN2.2ClH/c18-12-7-5-11(6-8-12)16-14-9-10-19-17(14)13-3-1-2-4-15(13)20-16;;/h1-8,14,16-17,19-20H,9-10H2;2*1H/t14-,16+,17+;;/m1../s1. The van der Waals surface area contributed by atoms with Crippen LogP contribution in [0.4, 0.5) is 5.69 Å². The zero-order valence-corrected chi connectivity index (χ0v) is 14.3. The first-order chi connectivity index (χ1) is 9.83. The van der Waals surface area contributed by atoms with E-state index in [-0.39, 0.29) is 24.8 Å². The largest absolute Gasteiger partial charge is 0.378 e. The van der Waals surface area contributed by atoms with Gasteiger partial charge in [0.1, 0.15) is 0 Å². The highest BCUT2D eigenvalue weighted by molar-refractivity contribution is 6.30. The Bertz CT molecular complexity index is 630. The lowest BCUT2D eigenvalue weighted by Crippen LogP contribution is -2.32. The Labute approximate surface area is 148 Å². The summed E-state index contributed by atoms with van der Waals surface area (Å²) >= 11 is 6.01. The predicted molar refractivity (Wildman–Crippen MR) is 97.6 cm³/mol. The van der Waals surface area contributed by atoms with Crippen molar-refractivity contribution in [1.82, 2.24) is 5.32 Å². The van der Waals surface area contributed by atoms with Crippen molar-refractivity contribution in [2.45, 2.75) is 18.5 Å².